The van der Waals surface area contributed by atoms with Crippen LogP contribution in [0.15, 0.2) is 6.33 Å². The molecule has 0 aliphatic carbocycles. The SMILES string of the molecule is COCCOC1C(O)[C@@H](CO)S[C@H]1n1cnc2c(N)nc(N)nc21. The Kier molecular flexibility index (Phi) is 5.06. The average Bonchev–Trinajstić information content (AvgIpc) is 3.09. The molecule has 6 N–H and O–H groups in total. The number of fused-ring (bicyclic) bond motifs is 1. The van der Waals surface area contributed by atoms with Crippen LogP contribution in [0.3, 0.4) is 0 Å². The number of nitrogens with zero attached hydrogens (tertiary/aromatic N) is 4. The highest BCUT2D eigenvalue weighted by molar-refractivity contribution is 8.00. The molecule has 10 nitrogen and oxygen atoms in total. The molecule has 1 fully saturated rings. The number of imidazole rings is 1. The summed E-state index contributed by atoms with van der Waals surface area (Å²) >= 11 is 1.38. The van der Waals surface area contributed by atoms with E-state index in [1.807, 2.05) is 0 Å². The number of rotatable bonds is 6. The number of ether oxygens (including phenoxy) is 2. The lowest BCUT2D eigenvalue weighted by Gasteiger charge is -2.23. The lowest BCUT2D eigenvalue weighted by atomic mass is 10.1. The van der Waals surface area contributed by atoms with Gasteiger partial charge in [-0.3, -0.25) is 4.57 Å². The number of hydrogen-bond acceptors (Lipinski definition) is 10. The molecule has 24 heavy (non-hydrogen) atoms. The summed E-state index contributed by atoms with van der Waals surface area (Å²) in [4.78, 5) is 12.3. The lowest BCUT2D eigenvalue weighted by Crippen LogP contribution is -2.36. The molecule has 3 rings (SSSR count). The van der Waals surface area contributed by atoms with Crippen LogP contribution in [0, 0.1) is 0 Å². The molecule has 1 saturated heterocycles. The van der Waals surface area contributed by atoms with Gasteiger partial charge in [0.1, 0.15) is 17.0 Å². The van der Waals surface area contributed by atoms with Crippen LogP contribution >= 0.6 is 11.8 Å². The van der Waals surface area contributed by atoms with E-state index in [-0.39, 0.29) is 29.0 Å². The van der Waals surface area contributed by atoms with E-state index in [1.54, 1.807) is 18.0 Å². The molecular weight excluding hydrogens is 336 g/mol. The van der Waals surface area contributed by atoms with Crippen molar-refractivity contribution >= 4 is 34.7 Å². The third-order valence-corrected chi connectivity index (χ3v) is 5.38. The fourth-order valence-corrected chi connectivity index (χ4v) is 4.12. The van der Waals surface area contributed by atoms with Crippen LogP contribution in [0.5, 0.6) is 0 Å². The molecule has 3 heterocycles. The fraction of sp³-hybridized carbons (Fsp3) is 0.615. The van der Waals surface area contributed by atoms with Crippen molar-refractivity contribution < 1.29 is 19.7 Å². The Hall–Kier alpha value is -1.66. The molecule has 11 heteroatoms. The maximum absolute atomic E-state index is 10.4. The quantitative estimate of drug-likeness (QED) is 0.473. The summed E-state index contributed by atoms with van der Waals surface area (Å²) in [7, 11) is 1.57. The Morgan fingerprint density at radius 1 is 1.33 bits per heavy atom. The van der Waals surface area contributed by atoms with Gasteiger partial charge in [0.2, 0.25) is 5.95 Å². The van der Waals surface area contributed by atoms with Crippen molar-refractivity contribution in [3.05, 3.63) is 6.33 Å². The van der Waals surface area contributed by atoms with Crippen LogP contribution in [-0.2, 0) is 9.47 Å². The minimum atomic E-state index is -0.837. The third-order valence-electron chi connectivity index (χ3n) is 3.83. The smallest absolute Gasteiger partial charge is 0.224 e. The maximum Gasteiger partial charge on any atom is 0.224 e. The maximum atomic E-state index is 10.4. The van der Waals surface area contributed by atoms with E-state index >= 15 is 0 Å². The van der Waals surface area contributed by atoms with Crippen LogP contribution in [0.2, 0.25) is 0 Å². The van der Waals surface area contributed by atoms with Gasteiger partial charge in [0.25, 0.3) is 0 Å². The molecule has 0 amide bonds. The topological polar surface area (TPSA) is 155 Å². The number of methoxy groups -OCH3 is 1. The van der Waals surface area contributed by atoms with Crippen molar-refractivity contribution in [3.8, 4) is 0 Å². The molecule has 132 valence electrons. The summed E-state index contributed by atoms with van der Waals surface area (Å²) in [6, 6.07) is 0. The molecule has 2 aromatic rings. The molecule has 4 atom stereocenters. The van der Waals surface area contributed by atoms with Crippen molar-refractivity contribution in [2.75, 3.05) is 38.4 Å². The standard InChI is InChI=1S/C13H20N6O4S/c1-22-2-3-23-9-8(21)6(4-20)24-12(9)19-5-16-7-10(14)17-13(15)18-11(7)19/h5-6,8-9,12,20-21H,2-4H2,1H3,(H4,14,15,17,18)/t6-,8?,9?,12-/m1/s1. The predicted molar refractivity (Wildman–Crippen MR) is 89.3 cm³/mol. The number of aliphatic hydroxyl groups is 2. The van der Waals surface area contributed by atoms with E-state index < -0.39 is 12.2 Å². The highest BCUT2D eigenvalue weighted by Gasteiger charge is 2.45. The molecule has 2 unspecified atom stereocenters. The zero-order valence-corrected chi connectivity index (χ0v) is 13.9. The number of aliphatic hydroxyl groups excluding tert-OH is 2. The van der Waals surface area contributed by atoms with Crippen molar-refractivity contribution in [2.45, 2.75) is 22.8 Å². The number of nitrogens with two attached hydrogens (primary N) is 2. The molecule has 0 bridgehead atoms. The van der Waals surface area contributed by atoms with Gasteiger partial charge in [0.05, 0.1) is 37.5 Å². The van der Waals surface area contributed by atoms with Gasteiger partial charge in [-0.25, -0.2) is 4.98 Å². The number of nitrogen functional groups attached to an aromatic ring is 2. The monoisotopic (exact) mass is 356 g/mol. The largest absolute Gasteiger partial charge is 0.395 e. The Balaban J connectivity index is 1.96. The Bertz CT molecular complexity index is 713. The zero-order valence-electron chi connectivity index (χ0n) is 13.1. The van der Waals surface area contributed by atoms with Crippen molar-refractivity contribution in [3.63, 3.8) is 0 Å². The van der Waals surface area contributed by atoms with Crippen LogP contribution in [0.1, 0.15) is 5.37 Å². The van der Waals surface area contributed by atoms with Crippen LogP contribution in [-0.4, -0.2) is 74.1 Å². The number of thioether (sulfide) groups is 1. The number of anilines is 2. The molecule has 0 aromatic carbocycles. The van der Waals surface area contributed by atoms with Gasteiger partial charge < -0.3 is 31.2 Å². The highest BCUT2D eigenvalue weighted by atomic mass is 32.2. The first-order valence-electron chi connectivity index (χ1n) is 7.37. The Morgan fingerprint density at radius 2 is 2.12 bits per heavy atom. The van der Waals surface area contributed by atoms with Gasteiger partial charge in [-0.2, -0.15) is 9.97 Å². The van der Waals surface area contributed by atoms with Crippen LogP contribution in [0.4, 0.5) is 11.8 Å². The van der Waals surface area contributed by atoms with Crippen molar-refractivity contribution in [1.82, 2.24) is 19.5 Å². The summed E-state index contributed by atoms with van der Waals surface area (Å²) in [6.07, 6.45) is 0.166. The first-order chi connectivity index (χ1) is 11.6. The average molecular weight is 356 g/mol. The first kappa shape index (κ1) is 17.2. The van der Waals surface area contributed by atoms with E-state index in [4.69, 9.17) is 20.9 Å². The third kappa shape index (κ3) is 3.00. The van der Waals surface area contributed by atoms with Gasteiger partial charge in [0, 0.05) is 7.11 Å². The van der Waals surface area contributed by atoms with Gasteiger partial charge in [-0.05, 0) is 0 Å². The van der Waals surface area contributed by atoms with Crippen molar-refractivity contribution in [1.29, 1.82) is 0 Å². The highest BCUT2D eigenvalue weighted by Crippen LogP contribution is 2.44. The van der Waals surface area contributed by atoms with Crippen LogP contribution < -0.4 is 11.5 Å². The van der Waals surface area contributed by atoms with E-state index in [0.29, 0.717) is 24.4 Å². The minimum absolute atomic E-state index is 0.0425. The Morgan fingerprint density at radius 3 is 2.83 bits per heavy atom. The number of hydrogen-bond donors (Lipinski definition) is 4. The summed E-state index contributed by atoms with van der Waals surface area (Å²) < 4.78 is 12.5. The van der Waals surface area contributed by atoms with E-state index in [9.17, 15) is 10.2 Å². The number of aromatic nitrogens is 4. The van der Waals surface area contributed by atoms with Gasteiger partial charge in [-0.1, -0.05) is 0 Å². The minimum Gasteiger partial charge on any atom is -0.395 e. The van der Waals surface area contributed by atoms with Crippen LogP contribution in [0.25, 0.3) is 11.2 Å². The molecule has 2 aromatic heterocycles. The summed E-state index contributed by atoms with van der Waals surface area (Å²) in [5.74, 6) is 0.233. The van der Waals surface area contributed by atoms with E-state index in [2.05, 4.69) is 15.0 Å². The molecular formula is C13H20N6O4S. The van der Waals surface area contributed by atoms with Crippen molar-refractivity contribution in [2.24, 2.45) is 0 Å². The molecule has 0 radical (unpaired) electrons. The summed E-state index contributed by atoms with van der Waals surface area (Å²) in [6.45, 7) is 0.550. The predicted octanol–water partition coefficient (Wildman–Crippen LogP) is -1.01. The van der Waals surface area contributed by atoms with Gasteiger partial charge >= 0.3 is 0 Å². The zero-order chi connectivity index (χ0) is 17.3. The first-order valence-corrected chi connectivity index (χ1v) is 8.31. The summed E-state index contributed by atoms with van der Waals surface area (Å²) in [5.41, 5.74) is 12.4. The van der Waals surface area contributed by atoms with Gasteiger partial charge in [-0.15, -0.1) is 11.8 Å². The fourth-order valence-electron chi connectivity index (χ4n) is 2.68. The van der Waals surface area contributed by atoms with Gasteiger partial charge in [0.15, 0.2) is 11.5 Å². The second-order valence-electron chi connectivity index (χ2n) is 5.36. The molecule has 1 aliphatic heterocycles. The van der Waals surface area contributed by atoms with E-state index in [0.717, 1.165) is 0 Å². The molecule has 0 saturated carbocycles. The molecule has 1 aliphatic rings. The lowest BCUT2D eigenvalue weighted by molar-refractivity contribution is -0.0556. The normalized spacial score (nSPS) is 27.1. The van der Waals surface area contributed by atoms with E-state index in [1.165, 1.54) is 11.8 Å². The Labute approximate surface area is 142 Å². The second-order valence-corrected chi connectivity index (χ2v) is 6.72. The molecule has 0 spiro atoms. The summed E-state index contributed by atoms with van der Waals surface area (Å²) in [5, 5.41) is 19.2. The second kappa shape index (κ2) is 7.07.